The molecule has 1 heterocycles. The molecule has 0 amide bonds. The lowest BCUT2D eigenvalue weighted by atomic mass is 9.88. The van der Waals surface area contributed by atoms with Gasteiger partial charge >= 0.3 is 5.97 Å². The van der Waals surface area contributed by atoms with Crippen LogP contribution >= 0.6 is 0 Å². The number of ether oxygens (including phenoxy) is 1. The van der Waals surface area contributed by atoms with E-state index in [0.717, 1.165) is 6.54 Å². The molecule has 2 rings (SSSR count). The molecule has 2 fully saturated rings. The van der Waals surface area contributed by atoms with Crippen LogP contribution in [0.4, 0.5) is 0 Å². The molecule has 1 saturated heterocycles. The first-order valence-corrected chi connectivity index (χ1v) is 8.14. The number of carbonyl (C=O) groups excluding carboxylic acids is 1. The van der Waals surface area contributed by atoms with Gasteiger partial charge in [0.1, 0.15) is 5.60 Å². The highest BCUT2D eigenvalue weighted by atomic mass is 16.6. The first-order chi connectivity index (χ1) is 9.46. The molecular weight excluding hydrogens is 252 g/mol. The van der Waals surface area contributed by atoms with Crippen LogP contribution in [0.5, 0.6) is 0 Å². The Bertz CT molecular complexity index is 319. The first kappa shape index (κ1) is 15.8. The maximum atomic E-state index is 11.8. The van der Waals surface area contributed by atoms with Gasteiger partial charge in [0.15, 0.2) is 0 Å². The van der Waals surface area contributed by atoms with Crippen LogP contribution in [0.25, 0.3) is 0 Å². The molecule has 0 radical (unpaired) electrons. The molecule has 3 unspecified atom stereocenters. The van der Waals surface area contributed by atoms with E-state index in [2.05, 4.69) is 10.6 Å². The molecule has 1 saturated carbocycles. The number of carbonyl (C=O) groups is 1. The number of esters is 1. The van der Waals surface area contributed by atoms with Crippen LogP contribution in [-0.2, 0) is 9.53 Å². The summed E-state index contributed by atoms with van der Waals surface area (Å²) in [5, 5.41) is 7.10. The maximum absolute atomic E-state index is 11.8. The zero-order valence-corrected chi connectivity index (χ0v) is 13.2. The van der Waals surface area contributed by atoms with E-state index in [1.807, 2.05) is 20.8 Å². The van der Waals surface area contributed by atoms with Gasteiger partial charge in [-0.1, -0.05) is 12.8 Å². The Morgan fingerprint density at radius 3 is 2.65 bits per heavy atom. The molecular formula is C16H30N2O2. The molecule has 20 heavy (non-hydrogen) atoms. The predicted molar refractivity (Wildman–Crippen MR) is 80.6 cm³/mol. The number of hydrogen-bond acceptors (Lipinski definition) is 4. The lowest BCUT2D eigenvalue weighted by Crippen LogP contribution is -2.48. The van der Waals surface area contributed by atoms with Crippen LogP contribution in [0.1, 0.15) is 59.3 Å². The van der Waals surface area contributed by atoms with Crippen LogP contribution in [0, 0.1) is 5.92 Å². The summed E-state index contributed by atoms with van der Waals surface area (Å²) in [4.78, 5) is 11.8. The zero-order chi connectivity index (χ0) is 14.6. The average molecular weight is 282 g/mol. The highest BCUT2D eigenvalue weighted by Crippen LogP contribution is 2.31. The molecule has 1 aliphatic heterocycles. The molecule has 4 heteroatoms. The fourth-order valence-corrected chi connectivity index (χ4v) is 3.56. The van der Waals surface area contributed by atoms with E-state index in [1.165, 1.54) is 38.5 Å². The zero-order valence-electron chi connectivity index (χ0n) is 13.2. The SMILES string of the molecule is CC(C)(C)OC(=O)CNC1CCCC1C1CCCCN1. The summed E-state index contributed by atoms with van der Waals surface area (Å²) in [5.41, 5.74) is -0.390. The Labute approximate surface area is 123 Å². The quantitative estimate of drug-likeness (QED) is 0.776. The molecule has 1 aliphatic carbocycles. The summed E-state index contributed by atoms with van der Waals surface area (Å²) in [5.74, 6) is 0.539. The molecule has 0 spiro atoms. The van der Waals surface area contributed by atoms with Gasteiger partial charge in [0.05, 0.1) is 6.54 Å². The van der Waals surface area contributed by atoms with Crippen molar-refractivity contribution in [3.63, 3.8) is 0 Å². The number of piperidine rings is 1. The molecule has 2 N–H and O–H groups in total. The van der Waals surface area contributed by atoms with Gasteiger partial charge in [-0.15, -0.1) is 0 Å². The normalized spacial score (nSPS) is 31.2. The Kier molecular flexibility index (Phi) is 5.44. The van der Waals surface area contributed by atoms with Gasteiger partial charge in [0.2, 0.25) is 0 Å². The minimum atomic E-state index is -0.390. The van der Waals surface area contributed by atoms with Crippen molar-refractivity contribution >= 4 is 5.97 Å². The van der Waals surface area contributed by atoms with E-state index >= 15 is 0 Å². The monoisotopic (exact) mass is 282 g/mol. The van der Waals surface area contributed by atoms with Gasteiger partial charge in [-0.3, -0.25) is 4.79 Å². The highest BCUT2D eigenvalue weighted by molar-refractivity contribution is 5.72. The van der Waals surface area contributed by atoms with Gasteiger partial charge in [-0.05, 0) is 58.9 Å². The van der Waals surface area contributed by atoms with Crippen molar-refractivity contribution in [1.29, 1.82) is 0 Å². The molecule has 0 bridgehead atoms. The van der Waals surface area contributed by atoms with Crippen LogP contribution in [0.3, 0.4) is 0 Å². The molecule has 2 aliphatic rings. The topological polar surface area (TPSA) is 50.4 Å². The van der Waals surface area contributed by atoms with E-state index in [-0.39, 0.29) is 5.97 Å². The number of nitrogens with one attached hydrogen (secondary N) is 2. The van der Waals surface area contributed by atoms with Gasteiger partial charge in [0.25, 0.3) is 0 Å². The first-order valence-electron chi connectivity index (χ1n) is 8.14. The summed E-state index contributed by atoms with van der Waals surface area (Å²) < 4.78 is 5.36. The molecule has 4 nitrogen and oxygen atoms in total. The highest BCUT2D eigenvalue weighted by Gasteiger charge is 2.34. The Balaban J connectivity index is 1.77. The van der Waals surface area contributed by atoms with Crippen molar-refractivity contribution in [2.24, 2.45) is 5.92 Å². The Morgan fingerprint density at radius 2 is 2.00 bits per heavy atom. The number of rotatable bonds is 4. The summed E-state index contributed by atoms with van der Waals surface area (Å²) in [6, 6.07) is 1.11. The van der Waals surface area contributed by atoms with E-state index in [9.17, 15) is 4.79 Å². The lowest BCUT2D eigenvalue weighted by molar-refractivity contribution is -0.153. The lowest BCUT2D eigenvalue weighted by Gasteiger charge is -2.33. The third-order valence-electron chi connectivity index (χ3n) is 4.36. The molecule has 3 atom stereocenters. The predicted octanol–water partition coefficient (Wildman–Crippen LogP) is 2.23. The van der Waals surface area contributed by atoms with Crippen molar-refractivity contribution in [1.82, 2.24) is 10.6 Å². The van der Waals surface area contributed by atoms with Crippen molar-refractivity contribution in [2.75, 3.05) is 13.1 Å². The third kappa shape index (κ3) is 4.74. The van der Waals surface area contributed by atoms with E-state index in [4.69, 9.17) is 4.74 Å². The second kappa shape index (κ2) is 6.90. The Morgan fingerprint density at radius 1 is 1.20 bits per heavy atom. The van der Waals surface area contributed by atoms with E-state index in [1.54, 1.807) is 0 Å². The molecule has 0 aromatic heterocycles. The van der Waals surface area contributed by atoms with Gasteiger partial charge in [-0.25, -0.2) is 0 Å². The van der Waals surface area contributed by atoms with Gasteiger partial charge in [0, 0.05) is 12.1 Å². The van der Waals surface area contributed by atoms with Crippen LogP contribution in [-0.4, -0.2) is 36.7 Å². The van der Waals surface area contributed by atoms with E-state index < -0.39 is 5.60 Å². The summed E-state index contributed by atoms with van der Waals surface area (Å²) >= 11 is 0. The van der Waals surface area contributed by atoms with Crippen molar-refractivity contribution in [3.05, 3.63) is 0 Å². The summed E-state index contributed by atoms with van der Waals surface area (Å²) in [7, 11) is 0. The maximum Gasteiger partial charge on any atom is 0.320 e. The smallest absolute Gasteiger partial charge is 0.320 e. The standard InChI is InChI=1S/C16H30N2O2/c1-16(2,3)20-15(19)11-18-14-9-6-7-12(14)13-8-4-5-10-17-13/h12-14,17-18H,4-11H2,1-3H3. The molecule has 0 aromatic rings. The fraction of sp³-hybridized carbons (Fsp3) is 0.938. The molecule has 0 aromatic carbocycles. The third-order valence-corrected chi connectivity index (χ3v) is 4.36. The van der Waals surface area contributed by atoms with Crippen LogP contribution < -0.4 is 10.6 Å². The Hall–Kier alpha value is -0.610. The summed E-state index contributed by atoms with van der Waals surface area (Å²) in [6.45, 7) is 7.23. The van der Waals surface area contributed by atoms with Crippen molar-refractivity contribution < 1.29 is 9.53 Å². The number of hydrogen-bond donors (Lipinski definition) is 2. The van der Waals surface area contributed by atoms with Gasteiger partial charge in [-0.2, -0.15) is 0 Å². The van der Waals surface area contributed by atoms with Crippen LogP contribution in [0.2, 0.25) is 0 Å². The largest absolute Gasteiger partial charge is 0.459 e. The van der Waals surface area contributed by atoms with Crippen molar-refractivity contribution in [3.8, 4) is 0 Å². The second-order valence-electron chi connectivity index (χ2n) is 7.22. The summed E-state index contributed by atoms with van der Waals surface area (Å²) in [6.07, 6.45) is 7.67. The minimum absolute atomic E-state index is 0.139. The average Bonchev–Trinajstić information content (AvgIpc) is 2.83. The molecule has 116 valence electrons. The van der Waals surface area contributed by atoms with E-state index in [0.29, 0.717) is 24.5 Å². The van der Waals surface area contributed by atoms with Gasteiger partial charge < -0.3 is 15.4 Å². The fourth-order valence-electron chi connectivity index (χ4n) is 3.56. The minimum Gasteiger partial charge on any atom is -0.459 e. The second-order valence-corrected chi connectivity index (χ2v) is 7.22. The van der Waals surface area contributed by atoms with Crippen molar-refractivity contribution in [2.45, 2.75) is 77.0 Å². The van der Waals surface area contributed by atoms with Crippen LogP contribution in [0.15, 0.2) is 0 Å².